The molecule has 0 fully saturated rings. The predicted octanol–water partition coefficient (Wildman–Crippen LogP) is 2.40. The van der Waals surface area contributed by atoms with Crippen molar-refractivity contribution in [3.8, 4) is 0 Å². The summed E-state index contributed by atoms with van der Waals surface area (Å²) in [5.41, 5.74) is 2.87. The van der Waals surface area contributed by atoms with E-state index in [9.17, 15) is 8.42 Å². The van der Waals surface area contributed by atoms with E-state index in [1.807, 2.05) is 23.8 Å². The highest BCUT2D eigenvalue weighted by Crippen LogP contribution is 2.17. The van der Waals surface area contributed by atoms with Crippen LogP contribution in [0.25, 0.3) is 0 Å². The summed E-state index contributed by atoms with van der Waals surface area (Å²) in [7, 11) is -3.12. The van der Waals surface area contributed by atoms with Crippen LogP contribution in [0.5, 0.6) is 0 Å². The van der Waals surface area contributed by atoms with E-state index in [0.717, 1.165) is 12.1 Å². The summed E-state index contributed by atoms with van der Waals surface area (Å²) in [4.78, 5) is 5.56. The van der Waals surface area contributed by atoms with Crippen LogP contribution in [0, 0.1) is 0 Å². The van der Waals surface area contributed by atoms with Gasteiger partial charge >= 0.3 is 0 Å². The SMILES string of the molecule is CC(NCc1cncs1)c1ccc(S(C)(=O)=O)cc1. The molecule has 1 unspecified atom stereocenters. The molecule has 0 radical (unpaired) electrons. The minimum absolute atomic E-state index is 0.163. The molecule has 1 N–H and O–H groups in total. The van der Waals surface area contributed by atoms with Gasteiger partial charge in [0.25, 0.3) is 0 Å². The van der Waals surface area contributed by atoms with E-state index in [-0.39, 0.29) is 6.04 Å². The number of hydrogen-bond acceptors (Lipinski definition) is 5. The molecule has 4 nitrogen and oxygen atoms in total. The number of benzene rings is 1. The first kappa shape index (κ1) is 14.2. The van der Waals surface area contributed by atoms with E-state index in [4.69, 9.17) is 0 Å². The zero-order valence-corrected chi connectivity index (χ0v) is 12.5. The van der Waals surface area contributed by atoms with E-state index < -0.39 is 9.84 Å². The van der Waals surface area contributed by atoms with Crippen molar-refractivity contribution in [1.82, 2.24) is 10.3 Å². The van der Waals surface area contributed by atoms with Crippen LogP contribution < -0.4 is 5.32 Å². The number of hydrogen-bond donors (Lipinski definition) is 1. The second kappa shape index (κ2) is 5.81. The van der Waals surface area contributed by atoms with Gasteiger partial charge in [0.05, 0.1) is 10.4 Å². The van der Waals surface area contributed by atoms with Crippen LogP contribution in [0.2, 0.25) is 0 Å². The van der Waals surface area contributed by atoms with Gasteiger partial charge in [-0.25, -0.2) is 8.42 Å². The maximum atomic E-state index is 11.4. The molecule has 0 saturated carbocycles. The third kappa shape index (κ3) is 3.86. The smallest absolute Gasteiger partial charge is 0.175 e. The Morgan fingerprint density at radius 2 is 2.00 bits per heavy atom. The van der Waals surface area contributed by atoms with E-state index >= 15 is 0 Å². The first-order valence-corrected chi connectivity index (χ1v) is 8.64. The van der Waals surface area contributed by atoms with Crippen molar-refractivity contribution in [2.45, 2.75) is 24.4 Å². The standard InChI is InChI=1S/C13H16N2O2S2/c1-10(15-8-12-7-14-9-18-12)11-3-5-13(6-4-11)19(2,16)17/h3-7,9-10,15H,8H2,1-2H3. The zero-order chi connectivity index (χ0) is 13.9. The molecule has 1 atom stereocenters. The average molecular weight is 296 g/mol. The summed E-state index contributed by atoms with van der Waals surface area (Å²) in [5, 5.41) is 3.38. The Kier molecular flexibility index (Phi) is 4.34. The summed E-state index contributed by atoms with van der Waals surface area (Å²) >= 11 is 1.61. The fourth-order valence-corrected chi connectivity index (χ4v) is 2.88. The van der Waals surface area contributed by atoms with Crippen LogP contribution in [0.1, 0.15) is 23.4 Å². The molecule has 19 heavy (non-hydrogen) atoms. The second-order valence-corrected chi connectivity index (χ2v) is 7.40. The van der Waals surface area contributed by atoms with Crippen molar-refractivity contribution in [2.75, 3.05) is 6.26 Å². The lowest BCUT2D eigenvalue weighted by atomic mass is 10.1. The van der Waals surface area contributed by atoms with E-state index in [1.165, 1.54) is 11.1 Å². The van der Waals surface area contributed by atoms with Crippen LogP contribution >= 0.6 is 11.3 Å². The number of nitrogens with zero attached hydrogens (tertiary/aromatic N) is 1. The van der Waals surface area contributed by atoms with Gasteiger partial charge in [0.1, 0.15) is 0 Å². The maximum Gasteiger partial charge on any atom is 0.175 e. The number of nitrogens with one attached hydrogen (secondary N) is 1. The molecule has 1 aromatic carbocycles. The van der Waals surface area contributed by atoms with Crippen LogP contribution in [0.3, 0.4) is 0 Å². The average Bonchev–Trinajstić information content (AvgIpc) is 2.88. The topological polar surface area (TPSA) is 59.1 Å². The fourth-order valence-electron chi connectivity index (χ4n) is 1.70. The van der Waals surface area contributed by atoms with Gasteiger partial charge in [-0.15, -0.1) is 11.3 Å². The van der Waals surface area contributed by atoms with Gasteiger partial charge in [0.2, 0.25) is 0 Å². The Labute approximate surface area is 117 Å². The highest BCUT2D eigenvalue weighted by atomic mass is 32.2. The number of rotatable bonds is 5. The first-order valence-electron chi connectivity index (χ1n) is 5.87. The quantitative estimate of drug-likeness (QED) is 0.920. The van der Waals surface area contributed by atoms with Gasteiger partial charge in [-0.05, 0) is 24.6 Å². The lowest BCUT2D eigenvalue weighted by Gasteiger charge is -2.13. The lowest BCUT2D eigenvalue weighted by Crippen LogP contribution is -2.17. The molecule has 1 aromatic heterocycles. The largest absolute Gasteiger partial charge is 0.305 e. The summed E-state index contributed by atoms with van der Waals surface area (Å²) in [6.45, 7) is 2.82. The van der Waals surface area contributed by atoms with E-state index in [1.54, 1.807) is 23.5 Å². The van der Waals surface area contributed by atoms with Crippen molar-refractivity contribution in [3.63, 3.8) is 0 Å². The molecule has 1 heterocycles. The van der Waals surface area contributed by atoms with Gasteiger partial charge in [0, 0.05) is 29.9 Å². The molecule has 0 aliphatic heterocycles. The first-order chi connectivity index (χ1) is 8.97. The third-order valence-corrected chi connectivity index (χ3v) is 4.78. The molecule has 0 amide bonds. The number of thiazole rings is 1. The molecule has 2 rings (SSSR count). The summed E-state index contributed by atoms with van der Waals surface area (Å²) in [6.07, 6.45) is 3.06. The Balaban J connectivity index is 2.01. The Hall–Kier alpha value is -1.24. The highest BCUT2D eigenvalue weighted by molar-refractivity contribution is 7.90. The van der Waals surface area contributed by atoms with Gasteiger partial charge in [0.15, 0.2) is 9.84 Å². The highest BCUT2D eigenvalue weighted by Gasteiger charge is 2.09. The summed E-state index contributed by atoms with van der Waals surface area (Å²) < 4.78 is 22.7. The fraction of sp³-hybridized carbons (Fsp3) is 0.308. The third-order valence-electron chi connectivity index (χ3n) is 2.87. The van der Waals surface area contributed by atoms with Crippen LogP contribution in [0.15, 0.2) is 40.9 Å². The number of sulfone groups is 1. The van der Waals surface area contributed by atoms with Crippen molar-refractivity contribution in [3.05, 3.63) is 46.4 Å². The molecule has 2 aromatic rings. The molecule has 0 bridgehead atoms. The lowest BCUT2D eigenvalue weighted by molar-refractivity contribution is 0.577. The maximum absolute atomic E-state index is 11.4. The monoisotopic (exact) mass is 296 g/mol. The number of aromatic nitrogens is 1. The van der Waals surface area contributed by atoms with Crippen molar-refractivity contribution in [1.29, 1.82) is 0 Å². The predicted molar refractivity (Wildman–Crippen MR) is 76.9 cm³/mol. The van der Waals surface area contributed by atoms with Gasteiger partial charge in [-0.2, -0.15) is 0 Å². The minimum atomic E-state index is -3.12. The van der Waals surface area contributed by atoms with Crippen molar-refractivity contribution < 1.29 is 8.42 Å². The van der Waals surface area contributed by atoms with Gasteiger partial charge in [-0.1, -0.05) is 12.1 Å². The molecular weight excluding hydrogens is 280 g/mol. The second-order valence-electron chi connectivity index (χ2n) is 4.41. The molecule has 102 valence electrons. The zero-order valence-electron chi connectivity index (χ0n) is 10.8. The Morgan fingerprint density at radius 1 is 1.32 bits per heavy atom. The normalized spacial score (nSPS) is 13.4. The molecule has 0 spiro atoms. The Morgan fingerprint density at radius 3 is 2.53 bits per heavy atom. The minimum Gasteiger partial charge on any atom is -0.305 e. The molecule has 0 aliphatic rings. The van der Waals surface area contributed by atoms with Crippen LogP contribution in [0.4, 0.5) is 0 Å². The van der Waals surface area contributed by atoms with Crippen LogP contribution in [-0.4, -0.2) is 19.7 Å². The van der Waals surface area contributed by atoms with Gasteiger partial charge < -0.3 is 5.32 Å². The van der Waals surface area contributed by atoms with Gasteiger partial charge in [-0.3, -0.25) is 4.98 Å². The summed E-state index contributed by atoms with van der Waals surface area (Å²) in [5.74, 6) is 0. The molecular formula is C13H16N2O2S2. The molecule has 6 heteroatoms. The van der Waals surface area contributed by atoms with Crippen molar-refractivity contribution in [2.24, 2.45) is 0 Å². The molecule has 0 saturated heterocycles. The van der Waals surface area contributed by atoms with E-state index in [0.29, 0.717) is 4.90 Å². The van der Waals surface area contributed by atoms with E-state index in [2.05, 4.69) is 17.2 Å². The Bertz CT molecular complexity index is 619. The van der Waals surface area contributed by atoms with Crippen molar-refractivity contribution >= 4 is 21.2 Å². The molecule has 0 aliphatic carbocycles. The summed E-state index contributed by atoms with van der Waals surface area (Å²) in [6, 6.07) is 7.16. The van der Waals surface area contributed by atoms with Crippen LogP contribution in [-0.2, 0) is 16.4 Å².